The zero-order chi connectivity index (χ0) is 34.3. The van der Waals surface area contributed by atoms with Crippen molar-refractivity contribution in [3.05, 3.63) is 175 Å². The molecule has 0 atom stereocenters. The number of H-pyrrole nitrogens is 1. The van der Waals surface area contributed by atoms with Crippen molar-refractivity contribution in [3.63, 3.8) is 0 Å². The van der Waals surface area contributed by atoms with E-state index < -0.39 is 0 Å². The maximum absolute atomic E-state index is 4.64. The summed E-state index contributed by atoms with van der Waals surface area (Å²) in [7, 11) is 0. The van der Waals surface area contributed by atoms with Crippen molar-refractivity contribution in [3.8, 4) is 0 Å². The van der Waals surface area contributed by atoms with Crippen molar-refractivity contribution in [2.24, 2.45) is 0 Å². The first kappa shape index (κ1) is 33.3. The Morgan fingerprint density at radius 1 is 0.714 bits per heavy atom. The van der Waals surface area contributed by atoms with E-state index in [1.54, 1.807) is 0 Å². The van der Waals surface area contributed by atoms with Crippen LogP contribution in [0.15, 0.2) is 175 Å². The maximum Gasteiger partial charge on any atom is 0.0627 e. The van der Waals surface area contributed by atoms with Gasteiger partial charge in [-0.25, -0.2) is 0 Å². The van der Waals surface area contributed by atoms with Crippen LogP contribution in [0.5, 0.6) is 0 Å². The highest BCUT2D eigenvalue weighted by Gasteiger charge is 2.22. The van der Waals surface area contributed by atoms with Gasteiger partial charge in [0.05, 0.1) is 16.6 Å². The Bertz CT molecular complexity index is 2440. The molecule has 0 bridgehead atoms. The first-order chi connectivity index (χ1) is 24.0. The van der Waals surface area contributed by atoms with Crippen molar-refractivity contribution >= 4 is 60.1 Å². The Morgan fingerprint density at radius 2 is 1.43 bits per heavy atom. The molecule has 0 unspecified atom stereocenters. The van der Waals surface area contributed by atoms with Crippen LogP contribution in [0, 0.1) is 0 Å². The predicted molar refractivity (Wildman–Crippen MR) is 218 cm³/mol. The third-order valence-corrected chi connectivity index (χ3v) is 9.16. The molecule has 49 heavy (non-hydrogen) atoms. The minimum atomic E-state index is 0.922. The van der Waals surface area contributed by atoms with Gasteiger partial charge in [0.1, 0.15) is 0 Å². The predicted octanol–water partition coefficient (Wildman–Crippen LogP) is 13.9. The number of fused-ring (bicyclic) bond motifs is 10. The summed E-state index contributed by atoms with van der Waals surface area (Å²) < 4.78 is 2.47. The summed E-state index contributed by atoms with van der Waals surface area (Å²) in [5.41, 5.74) is 10.3. The fourth-order valence-electron chi connectivity index (χ4n) is 6.70. The van der Waals surface area contributed by atoms with Gasteiger partial charge in [0.25, 0.3) is 0 Å². The summed E-state index contributed by atoms with van der Waals surface area (Å²) in [5, 5.41) is 7.43. The summed E-state index contributed by atoms with van der Waals surface area (Å²) in [6.07, 6.45) is 27.8. The minimum absolute atomic E-state index is 0.922. The molecule has 4 aromatic carbocycles. The van der Waals surface area contributed by atoms with E-state index in [1.165, 1.54) is 60.0 Å². The van der Waals surface area contributed by atoms with Crippen LogP contribution in [0.2, 0.25) is 0 Å². The van der Waals surface area contributed by atoms with Crippen molar-refractivity contribution in [2.75, 3.05) is 0 Å². The molecule has 0 radical (unpaired) electrons. The van der Waals surface area contributed by atoms with Crippen LogP contribution in [0.4, 0.5) is 0 Å². The molecule has 6 rings (SSSR count). The first-order valence-electron chi connectivity index (χ1n) is 17.4. The van der Waals surface area contributed by atoms with Gasteiger partial charge in [-0.05, 0) is 80.2 Å². The Morgan fingerprint density at radius 3 is 2.18 bits per heavy atom. The average molecular weight is 639 g/mol. The minimum Gasteiger partial charge on any atom is -0.354 e. The van der Waals surface area contributed by atoms with Crippen molar-refractivity contribution < 1.29 is 0 Å². The number of hydrogen-bond acceptors (Lipinski definition) is 0. The lowest BCUT2D eigenvalue weighted by Crippen LogP contribution is -1.98. The van der Waals surface area contributed by atoms with E-state index in [4.69, 9.17) is 0 Å². The van der Waals surface area contributed by atoms with Gasteiger partial charge in [0.2, 0.25) is 0 Å². The number of aromatic nitrogens is 2. The number of nitrogens with one attached hydrogen (secondary N) is 1. The fraction of sp³-hybridized carbons (Fsp3) is 0.149. The van der Waals surface area contributed by atoms with Crippen LogP contribution in [-0.2, 0) is 0 Å². The van der Waals surface area contributed by atoms with Gasteiger partial charge in [-0.15, -0.1) is 0 Å². The van der Waals surface area contributed by atoms with Crippen LogP contribution >= 0.6 is 0 Å². The highest BCUT2D eigenvalue weighted by atomic mass is 15.0. The SMILES string of the molecule is C=C(\C=C(/C=C(C)/C(C)=C/C=C\C=C\CC)n1c2ccccc2c2c3c4ccccc4[nH]c3c3ccccc3c21)C(/C=C\C=C/C)=C\CC. The Hall–Kier alpha value is -5.60. The Kier molecular flexibility index (Phi) is 10.3. The van der Waals surface area contributed by atoms with Gasteiger partial charge < -0.3 is 9.55 Å². The number of allylic oxidation sites excluding steroid dienone is 17. The molecule has 0 amide bonds. The Balaban J connectivity index is 1.72. The second-order valence-corrected chi connectivity index (χ2v) is 12.5. The number of rotatable bonds is 11. The van der Waals surface area contributed by atoms with E-state index in [-0.39, 0.29) is 0 Å². The molecule has 6 aromatic rings. The zero-order valence-electron chi connectivity index (χ0n) is 29.4. The third-order valence-electron chi connectivity index (χ3n) is 9.16. The van der Waals surface area contributed by atoms with E-state index in [0.717, 1.165) is 35.2 Å². The number of nitrogens with zero attached hydrogens (tertiary/aromatic N) is 1. The molecule has 2 nitrogen and oxygen atoms in total. The van der Waals surface area contributed by atoms with Gasteiger partial charge >= 0.3 is 0 Å². The molecule has 2 heterocycles. The molecule has 0 aliphatic carbocycles. The number of aromatic amines is 1. The molecule has 2 heteroatoms. The number of hydrogen-bond donors (Lipinski definition) is 1. The summed E-state index contributed by atoms with van der Waals surface area (Å²) in [6, 6.07) is 26.3. The summed E-state index contributed by atoms with van der Waals surface area (Å²) in [5.74, 6) is 0. The topological polar surface area (TPSA) is 20.7 Å². The molecule has 0 spiro atoms. The largest absolute Gasteiger partial charge is 0.354 e. The first-order valence-corrected chi connectivity index (χ1v) is 17.4. The van der Waals surface area contributed by atoms with Gasteiger partial charge in [0.15, 0.2) is 0 Å². The highest BCUT2D eigenvalue weighted by molar-refractivity contribution is 6.37. The summed E-state index contributed by atoms with van der Waals surface area (Å²) in [4.78, 5) is 3.79. The summed E-state index contributed by atoms with van der Waals surface area (Å²) in [6.45, 7) is 15.4. The van der Waals surface area contributed by atoms with E-state index in [0.29, 0.717) is 0 Å². The van der Waals surface area contributed by atoms with Crippen molar-refractivity contribution in [1.29, 1.82) is 0 Å². The lowest BCUT2D eigenvalue weighted by Gasteiger charge is -2.15. The van der Waals surface area contributed by atoms with Gasteiger partial charge in [-0.1, -0.05) is 142 Å². The molecule has 244 valence electrons. The maximum atomic E-state index is 4.64. The van der Waals surface area contributed by atoms with E-state index in [9.17, 15) is 0 Å². The van der Waals surface area contributed by atoms with Crippen molar-refractivity contribution in [1.82, 2.24) is 9.55 Å². The zero-order valence-corrected chi connectivity index (χ0v) is 29.4. The van der Waals surface area contributed by atoms with Gasteiger partial charge in [-0.2, -0.15) is 0 Å². The second-order valence-electron chi connectivity index (χ2n) is 12.5. The van der Waals surface area contributed by atoms with Gasteiger partial charge in [0, 0.05) is 43.5 Å². The lowest BCUT2D eigenvalue weighted by molar-refractivity contribution is 1.20. The quantitative estimate of drug-likeness (QED) is 0.136. The van der Waals surface area contributed by atoms with Crippen LogP contribution in [0.1, 0.15) is 47.5 Å². The van der Waals surface area contributed by atoms with E-state index >= 15 is 0 Å². The molecular formula is C47H46N2. The molecule has 0 saturated carbocycles. The molecule has 0 saturated heterocycles. The van der Waals surface area contributed by atoms with Crippen LogP contribution in [-0.4, -0.2) is 9.55 Å². The third kappa shape index (κ3) is 6.60. The standard InChI is InChI=1S/C47H46N2/c1-7-10-12-13-15-23-33(4)34(5)31-37(32-35(6)36(22-9-3)24-14-11-8-2)49-43-30-21-19-28-41(43)45-44-40-27-18-20-29-42(40)48-46(44)38-25-16-17-26-39(38)47(45)49/h8,10-32,48H,6-7,9H2,1-5H3/b11-8-,12-10+,15-13-,24-14-,33-23+,34-31+,36-22-,37-32+. The van der Waals surface area contributed by atoms with E-state index in [2.05, 4.69) is 183 Å². The average Bonchev–Trinajstić information content (AvgIpc) is 3.67. The molecule has 0 fully saturated rings. The molecule has 0 aliphatic rings. The number of para-hydroxylation sites is 2. The molecule has 2 aromatic heterocycles. The fourth-order valence-corrected chi connectivity index (χ4v) is 6.70. The van der Waals surface area contributed by atoms with Gasteiger partial charge in [-0.3, -0.25) is 0 Å². The van der Waals surface area contributed by atoms with Crippen LogP contribution in [0.3, 0.4) is 0 Å². The van der Waals surface area contributed by atoms with Crippen molar-refractivity contribution in [2.45, 2.75) is 47.5 Å². The molecular weight excluding hydrogens is 593 g/mol. The highest BCUT2D eigenvalue weighted by Crippen LogP contribution is 2.45. The normalized spacial score (nSPS) is 14.2. The Labute approximate surface area is 290 Å². The summed E-state index contributed by atoms with van der Waals surface area (Å²) >= 11 is 0. The lowest BCUT2D eigenvalue weighted by atomic mass is 9.99. The van der Waals surface area contributed by atoms with E-state index in [1.807, 2.05) is 13.0 Å². The smallest absolute Gasteiger partial charge is 0.0627 e. The van der Waals surface area contributed by atoms with Crippen LogP contribution in [0.25, 0.3) is 60.1 Å². The monoisotopic (exact) mass is 638 g/mol. The van der Waals surface area contributed by atoms with Crippen LogP contribution < -0.4 is 0 Å². The number of benzene rings is 4. The second kappa shape index (κ2) is 15.1. The molecule has 1 N–H and O–H groups in total. The molecule has 0 aliphatic heterocycles.